The predicted octanol–water partition coefficient (Wildman–Crippen LogP) is 13.3. The molecule has 45 heavy (non-hydrogen) atoms. The summed E-state index contributed by atoms with van der Waals surface area (Å²) < 4.78 is 10.8. The van der Waals surface area contributed by atoms with Crippen molar-refractivity contribution in [2.24, 2.45) is 0 Å². The number of esters is 2. The molecule has 0 radical (unpaired) electrons. The Kier molecular flexibility index (Phi) is 38.8. The molecule has 0 aliphatic rings. The summed E-state index contributed by atoms with van der Waals surface area (Å²) in [5.41, 5.74) is 0. The maximum absolute atomic E-state index is 11.9. The van der Waals surface area contributed by atoms with Crippen molar-refractivity contribution in [1.82, 2.24) is 0 Å². The highest BCUT2D eigenvalue weighted by Crippen LogP contribution is 2.15. The second kappa shape index (κ2) is 39.5. The number of carbonyl (C=O) groups excluding carboxylic acids is 2. The summed E-state index contributed by atoms with van der Waals surface area (Å²) in [4.78, 5) is 23.9. The third-order valence-electron chi connectivity index (χ3n) is 8.86. The minimum absolute atomic E-state index is 0.0580. The van der Waals surface area contributed by atoms with Crippen molar-refractivity contribution in [3.05, 3.63) is 0 Å². The molecule has 0 aliphatic carbocycles. The molecule has 5 heteroatoms. The molecule has 0 amide bonds. The smallest absolute Gasteiger partial charge is 0.305 e. The number of hydrogen-bond donors (Lipinski definition) is 0. The lowest BCUT2D eigenvalue weighted by Crippen LogP contribution is -2.07. The second-order valence-corrected chi connectivity index (χ2v) is 14.7. The fourth-order valence-corrected chi connectivity index (χ4v) is 6.75. The molecule has 0 heterocycles. The van der Waals surface area contributed by atoms with Crippen LogP contribution in [-0.2, 0) is 19.1 Å². The Morgan fingerprint density at radius 3 is 0.867 bits per heavy atom. The minimum atomic E-state index is -0.0580. The first kappa shape index (κ1) is 44.3. The first-order valence-corrected chi connectivity index (χ1v) is 21.2. The summed E-state index contributed by atoms with van der Waals surface area (Å²) in [5.74, 6) is 1.78. The Morgan fingerprint density at radius 1 is 0.356 bits per heavy atom. The van der Waals surface area contributed by atoms with Gasteiger partial charge in [0, 0.05) is 12.8 Å². The summed E-state index contributed by atoms with van der Waals surface area (Å²) in [6, 6.07) is 0. The van der Waals surface area contributed by atoms with Gasteiger partial charge >= 0.3 is 11.9 Å². The molecule has 0 saturated carbocycles. The lowest BCUT2D eigenvalue weighted by atomic mass is 10.0. The van der Waals surface area contributed by atoms with Crippen LogP contribution in [0.2, 0.25) is 0 Å². The van der Waals surface area contributed by atoms with Crippen LogP contribution >= 0.6 is 11.8 Å². The van der Waals surface area contributed by atoms with Crippen molar-refractivity contribution in [3.8, 4) is 0 Å². The highest BCUT2D eigenvalue weighted by Gasteiger charge is 2.05. The van der Waals surface area contributed by atoms with Crippen LogP contribution in [-0.4, -0.2) is 36.7 Å². The molecule has 0 bridgehead atoms. The average Bonchev–Trinajstić information content (AvgIpc) is 3.04. The maximum Gasteiger partial charge on any atom is 0.305 e. The fourth-order valence-electron chi connectivity index (χ4n) is 5.85. The molecule has 0 fully saturated rings. The molecule has 0 aliphatic heterocycles. The van der Waals surface area contributed by atoms with Gasteiger partial charge in [-0.05, 0) is 37.2 Å². The van der Waals surface area contributed by atoms with Crippen molar-refractivity contribution in [2.75, 3.05) is 24.7 Å². The van der Waals surface area contributed by atoms with E-state index in [1.54, 1.807) is 0 Å². The lowest BCUT2D eigenvalue weighted by molar-refractivity contribution is -0.144. The highest BCUT2D eigenvalue weighted by molar-refractivity contribution is 7.99. The standard InChI is InChI=1S/C40H78O4S/c1-3-5-7-9-11-13-15-17-19-21-23-25-27-29-35-43-39(41)33-31-37-45-38-32-34-40(42)44-36-30-28-26-24-22-20-18-16-14-12-10-8-6-4-2/h3-38H2,1-2H3. The largest absolute Gasteiger partial charge is 0.466 e. The van der Waals surface area contributed by atoms with Crippen LogP contribution in [0.3, 0.4) is 0 Å². The molecule has 0 spiro atoms. The van der Waals surface area contributed by atoms with E-state index >= 15 is 0 Å². The summed E-state index contributed by atoms with van der Waals surface area (Å²) in [6.07, 6.45) is 40.2. The van der Waals surface area contributed by atoms with Gasteiger partial charge in [0.05, 0.1) is 13.2 Å². The normalized spacial score (nSPS) is 11.2. The Balaban J connectivity index is 3.24. The topological polar surface area (TPSA) is 52.6 Å². The molecular formula is C40H78O4S. The van der Waals surface area contributed by atoms with Crippen LogP contribution in [0.15, 0.2) is 0 Å². The van der Waals surface area contributed by atoms with E-state index in [9.17, 15) is 9.59 Å². The Bertz CT molecular complexity index is 547. The van der Waals surface area contributed by atoms with Gasteiger partial charge in [-0.1, -0.05) is 181 Å². The molecule has 0 aromatic carbocycles. The number of ether oxygens (including phenoxy) is 2. The first-order chi connectivity index (χ1) is 22.2. The molecule has 4 nitrogen and oxygen atoms in total. The van der Waals surface area contributed by atoms with Crippen LogP contribution in [0.25, 0.3) is 0 Å². The predicted molar refractivity (Wildman–Crippen MR) is 198 cm³/mol. The van der Waals surface area contributed by atoms with Gasteiger partial charge in [-0.2, -0.15) is 11.8 Å². The van der Waals surface area contributed by atoms with Gasteiger partial charge in [-0.15, -0.1) is 0 Å². The molecule has 0 rings (SSSR count). The molecule has 0 saturated heterocycles. The Labute approximate surface area is 286 Å². The Hall–Kier alpha value is -0.710. The van der Waals surface area contributed by atoms with Crippen LogP contribution in [0.4, 0.5) is 0 Å². The zero-order valence-corrected chi connectivity index (χ0v) is 31.3. The molecule has 0 N–H and O–H groups in total. The van der Waals surface area contributed by atoms with Crippen molar-refractivity contribution < 1.29 is 19.1 Å². The molecule has 0 aromatic heterocycles. The SMILES string of the molecule is CCCCCCCCCCCCCCCCOC(=O)CCCSCCCC(=O)OCCCCCCCCCCCCCCCC. The quantitative estimate of drug-likeness (QED) is 0.0490. The number of thioether (sulfide) groups is 1. The van der Waals surface area contributed by atoms with E-state index in [0.717, 1.165) is 37.2 Å². The van der Waals surface area contributed by atoms with E-state index in [1.807, 2.05) is 11.8 Å². The van der Waals surface area contributed by atoms with Crippen LogP contribution in [0.5, 0.6) is 0 Å². The molecule has 0 atom stereocenters. The second-order valence-electron chi connectivity index (χ2n) is 13.5. The van der Waals surface area contributed by atoms with E-state index in [4.69, 9.17) is 9.47 Å². The fraction of sp³-hybridized carbons (Fsp3) is 0.950. The Morgan fingerprint density at radius 2 is 0.600 bits per heavy atom. The van der Waals surface area contributed by atoms with E-state index in [0.29, 0.717) is 26.1 Å². The van der Waals surface area contributed by atoms with Gasteiger partial charge in [0.1, 0.15) is 0 Å². The van der Waals surface area contributed by atoms with E-state index < -0.39 is 0 Å². The van der Waals surface area contributed by atoms with E-state index in [1.165, 1.54) is 167 Å². The van der Waals surface area contributed by atoms with Crippen molar-refractivity contribution >= 4 is 23.7 Å². The highest BCUT2D eigenvalue weighted by atomic mass is 32.2. The number of carbonyl (C=O) groups is 2. The summed E-state index contributed by atoms with van der Waals surface area (Å²) in [7, 11) is 0. The van der Waals surface area contributed by atoms with Crippen molar-refractivity contribution in [1.29, 1.82) is 0 Å². The number of hydrogen-bond acceptors (Lipinski definition) is 5. The molecular weight excluding hydrogens is 577 g/mol. The third kappa shape index (κ3) is 39.4. The van der Waals surface area contributed by atoms with Gasteiger partial charge in [0.15, 0.2) is 0 Å². The maximum atomic E-state index is 11.9. The molecule has 0 aromatic rings. The van der Waals surface area contributed by atoms with Crippen LogP contribution < -0.4 is 0 Å². The van der Waals surface area contributed by atoms with Gasteiger partial charge < -0.3 is 9.47 Å². The van der Waals surface area contributed by atoms with Gasteiger partial charge in [0.25, 0.3) is 0 Å². The number of rotatable bonds is 38. The molecule has 268 valence electrons. The number of unbranched alkanes of at least 4 members (excludes halogenated alkanes) is 26. The van der Waals surface area contributed by atoms with E-state index in [-0.39, 0.29) is 11.9 Å². The first-order valence-electron chi connectivity index (χ1n) is 20.1. The molecule has 0 unspecified atom stereocenters. The van der Waals surface area contributed by atoms with Crippen molar-refractivity contribution in [3.63, 3.8) is 0 Å². The van der Waals surface area contributed by atoms with Gasteiger partial charge in [-0.25, -0.2) is 0 Å². The average molecular weight is 655 g/mol. The van der Waals surface area contributed by atoms with E-state index in [2.05, 4.69) is 13.8 Å². The van der Waals surface area contributed by atoms with Crippen LogP contribution in [0.1, 0.15) is 219 Å². The summed E-state index contributed by atoms with van der Waals surface area (Å²) in [5, 5.41) is 0. The lowest BCUT2D eigenvalue weighted by Gasteiger charge is -2.06. The van der Waals surface area contributed by atoms with Crippen LogP contribution in [0, 0.1) is 0 Å². The van der Waals surface area contributed by atoms with Gasteiger partial charge in [-0.3, -0.25) is 9.59 Å². The third-order valence-corrected chi connectivity index (χ3v) is 10.0. The monoisotopic (exact) mass is 655 g/mol. The zero-order chi connectivity index (χ0) is 32.7. The summed E-state index contributed by atoms with van der Waals surface area (Å²) >= 11 is 1.82. The van der Waals surface area contributed by atoms with Crippen molar-refractivity contribution in [2.45, 2.75) is 219 Å². The summed E-state index contributed by atoms with van der Waals surface area (Å²) in [6.45, 7) is 5.71. The minimum Gasteiger partial charge on any atom is -0.466 e. The zero-order valence-electron chi connectivity index (χ0n) is 30.5. The van der Waals surface area contributed by atoms with Gasteiger partial charge in [0.2, 0.25) is 0 Å².